The van der Waals surface area contributed by atoms with Crippen molar-refractivity contribution in [2.45, 2.75) is 57.6 Å². The Morgan fingerprint density at radius 1 is 0.655 bits per heavy atom. The Hall–Kier alpha value is -6.33. The minimum absolute atomic E-state index is 0.0954. The maximum absolute atomic E-state index is 6.25. The number of aromatic nitrogens is 2. The van der Waals surface area contributed by atoms with Gasteiger partial charge in [-0.1, -0.05) is 97.1 Å². The third kappa shape index (κ3) is 5.40. The van der Waals surface area contributed by atoms with E-state index in [1.54, 1.807) is 0 Å². The molecule has 2 aromatic heterocycles. The van der Waals surface area contributed by atoms with Gasteiger partial charge in [0.05, 0.1) is 45.5 Å². The number of pyridine rings is 2. The Morgan fingerprint density at radius 3 is 2.35 bits per heavy atom. The Morgan fingerprint density at radius 2 is 1.44 bits per heavy atom. The molecule has 0 bridgehead atoms. The number of allylic oxidation sites excluding steroid dienone is 2. The van der Waals surface area contributed by atoms with E-state index in [-0.39, 0.29) is 18.1 Å². The lowest BCUT2D eigenvalue weighted by atomic mass is 9.87. The topological polar surface area (TPSA) is 59.4 Å². The molecule has 1 aliphatic carbocycles. The van der Waals surface area contributed by atoms with Crippen LogP contribution in [0, 0.1) is 13.8 Å². The van der Waals surface area contributed by atoms with Crippen LogP contribution < -0.4 is 10.1 Å². The molecule has 3 aliphatic heterocycles. The molecule has 5 nitrogen and oxygen atoms in total. The first-order chi connectivity index (χ1) is 27.0. The molecule has 3 unspecified atom stereocenters. The predicted octanol–water partition coefficient (Wildman–Crippen LogP) is 11.9. The molecule has 266 valence electrons. The molecular weight excluding hydrogens is 673 g/mol. The number of aryl methyl sites for hydroxylation is 4. The minimum Gasteiger partial charge on any atom is -0.485 e. The number of hydrogen-bond donors (Lipinski definition) is 1. The molecule has 11 rings (SSSR count). The molecule has 7 aromatic rings. The quantitative estimate of drug-likeness (QED) is 0.197. The van der Waals surface area contributed by atoms with Crippen molar-refractivity contribution >= 4 is 38.9 Å². The van der Waals surface area contributed by atoms with Crippen LogP contribution in [0.3, 0.4) is 0 Å². The van der Waals surface area contributed by atoms with E-state index >= 15 is 0 Å². The molecular formula is C50H40N4O. The fourth-order valence-corrected chi connectivity index (χ4v) is 9.11. The molecule has 3 atom stereocenters. The van der Waals surface area contributed by atoms with Gasteiger partial charge >= 0.3 is 0 Å². The van der Waals surface area contributed by atoms with Gasteiger partial charge in [-0.05, 0) is 115 Å². The van der Waals surface area contributed by atoms with Gasteiger partial charge in [0.15, 0.2) is 0 Å². The second-order valence-electron chi connectivity index (χ2n) is 15.5. The smallest absolute Gasteiger partial charge is 0.128 e. The van der Waals surface area contributed by atoms with E-state index in [2.05, 4.69) is 153 Å². The van der Waals surface area contributed by atoms with Crippen LogP contribution in [-0.2, 0) is 12.8 Å². The van der Waals surface area contributed by atoms with E-state index < -0.39 is 0 Å². The fourth-order valence-electron chi connectivity index (χ4n) is 9.11. The van der Waals surface area contributed by atoms with Crippen molar-refractivity contribution in [2.24, 2.45) is 4.99 Å². The second-order valence-corrected chi connectivity index (χ2v) is 15.5. The van der Waals surface area contributed by atoms with Gasteiger partial charge in [-0.15, -0.1) is 0 Å². The van der Waals surface area contributed by atoms with Crippen LogP contribution in [0.2, 0.25) is 0 Å². The Balaban J connectivity index is 0.946. The summed E-state index contributed by atoms with van der Waals surface area (Å²) in [6, 6.07) is 39.8. The zero-order chi connectivity index (χ0) is 36.6. The average molecular weight is 713 g/mol. The van der Waals surface area contributed by atoms with Crippen LogP contribution in [0.1, 0.15) is 63.9 Å². The highest BCUT2D eigenvalue weighted by molar-refractivity contribution is 6.07. The lowest BCUT2D eigenvalue weighted by Crippen LogP contribution is -2.19. The summed E-state index contributed by atoms with van der Waals surface area (Å²) < 4.78 is 6.25. The second kappa shape index (κ2) is 12.6. The van der Waals surface area contributed by atoms with E-state index in [1.165, 1.54) is 44.5 Å². The fraction of sp³-hybridized carbons (Fsp3) is 0.180. The average Bonchev–Trinajstić information content (AvgIpc) is 3.61. The number of anilines is 1. The van der Waals surface area contributed by atoms with Crippen LogP contribution in [-0.4, -0.2) is 21.8 Å². The van der Waals surface area contributed by atoms with Gasteiger partial charge in [0, 0.05) is 27.8 Å². The largest absolute Gasteiger partial charge is 0.485 e. The Kier molecular flexibility index (Phi) is 7.38. The zero-order valence-corrected chi connectivity index (χ0v) is 31.0. The molecule has 0 saturated heterocycles. The minimum atomic E-state index is 0.0954. The number of fused-ring (bicyclic) bond motifs is 9. The SMILES string of the molecule is Cc1ccccc1-c1cc(-c2ccc3ccc4c(c3n2)N=C(c2ccc3ccc5c(c3n2)NC(c2ccc3c(c2)C2C=CC=CC2O3)CC5)CC4)ccc1C. The monoisotopic (exact) mass is 712 g/mol. The molecule has 0 spiro atoms. The van der Waals surface area contributed by atoms with Crippen molar-refractivity contribution in [2.75, 3.05) is 5.32 Å². The summed E-state index contributed by atoms with van der Waals surface area (Å²) in [7, 11) is 0. The number of nitrogens with zero attached hydrogens (tertiary/aromatic N) is 3. The van der Waals surface area contributed by atoms with Gasteiger partial charge in [0.2, 0.25) is 0 Å². The number of nitrogens with one attached hydrogen (secondary N) is 1. The summed E-state index contributed by atoms with van der Waals surface area (Å²) >= 11 is 0. The van der Waals surface area contributed by atoms with E-state index in [0.29, 0.717) is 0 Å². The molecule has 5 heterocycles. The van der Waals surface area contributed by atoms with Gasteiger partial charge < -0.3 is 10.1 Å². The highest BCUT2D eigenvalue weighted by atomic mass is 16.5. The summed E-state index contributed by atoms with van der Waals surface area (Å²) in [5, 5.41) is 6.18. The molecule has 4 aliphatic rings. The number of aliphatic imine (C=N–C) groups is 1. The number of ether oxygens (including phenoxy) is 1. The molecule has 0 fully saturated rings. The van der Waals surface area contributed by atoms with E-state index in [4.69, 9.17) is 19.7 Å². The lowest BCUT2D eigenvalue weighted by molar-refractivity contribution is 0.269. The summed E-state index contributed by atoms with van der Waals surface area (Å²) in [6.07, 6.45) is 12.5. The first kappa shape index (κ1) is 32.1. The first-order valence-corrected chi connectivity index (χ1v) is 19.6. The van der Waals surface area contributed by atoms with E-state index in [1.807, 2.05) is 0 Å². The van der Waals surface area contributed by atoms with Crippen LogP contribution in [0.15, 0.2) is 138 Å². The van der Waals surface area contributed by atoms with Crippen LogP contribution in [0.4, 0.5) is 11.4 Å². The van der Waals surface area contributed by atoms with Gasteiger partial charge in [-0.25, -0.2) is 15.0 Å². The number of hydrogen-bond acceptors (Lipinski definition) is 5. The summed E-state index contributed by atoms with van der Waals surface area (Å²) in [5.41, 5.74) is 18.2. The van der Waals surface area contributed by atoms with Crippen LogP contribution in [0.25, 0.3) is 44.2 Å². The predicted molar refractivity (Wildman–Crippen MR) is 225 cm³/mol. The maximum atomic E-state index is 6.25. The molecule has 0 amide bonds. The third-order valence-electron chi connectivity index (χ3n) is 12.2. The normalized spacial score (nSPS) is 19.2. The first-order valence-electron chi connectivity index (χ1n) is 19.6. The molecule has 1 N–H and O–H groups in total. The summed E-state index contributed by atoms with van der Waals surface area (Å²) in [6.45, 7) is 4.36. The van der Waals surface area contributed by atoms with Gasteiger partial charge in [0.25, 0.3) is 0 Å². The highest BCUT2D eigenvalue weighted by Crippen LogP contribution is 2.45. The highest BCUT2D eigenvalue weighted by Gasteiger charge is 2.33. The van der Waals surface area contributed by atoms with Crippen molar-refractivity contribution in [3.63, 3.8) is 0 Å². The third-order valence-corrected chi connectivity index (χ3v) is 12.2. The summed E-state index contributed by atoms with van der Waals surface area (Å²) in [5.74, 6) is 1.28. The Labute approximate surface area is 321 Å². The molecule has 5 aromatic carbocycles. The van der Waals surface area contributed by atoms with Gasteiger partial charge in [-0.3, -0.25) is 0 Å². The van der Waals surface area contributed by atoms with Crippen molar-refractivity contribution in [1.82, 2.24) is 9.97 Å². The van der Waals surface area contributed by atoms with Crippen molar-refractivity contribution in [3.05, 3.63) is 173 Å². The van der Waals surface area contributed by atoms with Gasteiger partial charge in [0.1, 0.15) is 11.9 Å². The van der Waals surface area contributed by atoms with Crippen molar-refractivity contribution in [3.8, 4) is 28.1 Å². The van der Waals surface area contributed by atoms with Gasteiger partial charge in [-0.2, -0.15) is 0 Å². The molecule has 0 saturated carbocycles. The van der Waals surface area contributed by atoms with Crippen molar-refractivity contribution in [1.29, 1.82) is 0 Å². The van der Waals surface area contributed by atoms with Crippen molar-refractivity contribution < 1.29 is 4.74 Å². The van der Waals surface area contributed by atoms with E-state index in [9.17, 15) is 0 Å². The number of benzene rings is 5. The van der Waals surface area contributed by atoms with Crippen LogP contribution in [0.5, 0.6) is 5.75 Å². The molecule has 0 radical (unpaired) electrons. The molecule has 5 heteroatoms. The molecule has 55 heavy (non-hydrogen) atoms. The van der Waals surface area contributed by atoms with Crippen LogP contribution >= 0.6 is 0 Å². The van der Waals surface area contributed by atoms with E-state index in [0.717, 1.165) is 87.3 Å². The Bertz CT molecular complexity index is 2830. The maximum Gasteiger partial charge on any atom is 0.128 e. The lowest BCUT2D eigenvalue weighted by Gasteiger charge is -2.29. The standard InChI is InChI=1S/C50H40N4O/c1-29-7-3-4-8-37(29)39-27-35(12-11-30(39)2)41-22-17-31-13-15-33-19-24-43(53-49(33)47(31)51-41)44-25-20-34-16-14-32-18-23-42(52-48(32)50(34)54-44)36-21-26-46-40(28-36)38-9-5-6-10-45(38)55-46/h3-17,20-22,25-28,38,42,45,52H,18-19,23-24H2,1-2H3. The summed E-state index contributed by atoms with van der Waals surface area (Å²) in [4.78, 5) is 16.0. The zero-order valence-electron chi connectivity index (χ0n) is 31.0. The number of rotatable bonds is 4.